The van der Waals surface area contributed by atoms with E-state index in [9.17, 15) is 0 Å². The Hall–Kier alpha value is -3.68. The van der Waals surface area contributed by atoms with Crippen molar-refractivity contribution >= 4 is 0 Å². The molecule has 1 aliphatic carbocycles. The van der Waals surface area contributed by atoms with E-state index in [1.165, 1.54) is 22.3 Å². The van der Waals surface area contributed by atoms with Gasteiger partial charge >= 0.3 is 0 Å². The lowest BCUT2D eigenvalue weighted by Crippen LogP contribution is -2.28. The zero-order valence-corrected chi connectivity index (χ0v) is 23.0. The van der Waals surface area contributed by atoms with Crippen LogP contribution in [0.4, 0.5) is 0 Å². The quantitative estimate of drug-likeness (QED) is 0.132. The summed E-state index contributed by atoms with van der Waals surface area (Å²) in [5.41, 5.74) is 6.73. The van der Waals surface area contributed by atoms with Crippen molar-refractivity contribution < 1.29 is 28.4 Å². The van der Waals surface area contributed by atoms with Crippen LogP contribution < -0.4 is 9.47 Å². The third-order valence-corrected chi connectivity index (χ3v) is 7.89. The Morgan fingerprint density at radius 2 is 1.02 bits per heavy atom. The first-order valence-corrected chi connectivity index (χ1v) is 14.4. The zero-order valence-electron chi connectivity index (χ0n) is 23.0. The first kappa shape index (κ1) is 26.2. The highest BCUT2D eigenvalue weighted by Crippen LogP contribution is 2.56. The molecule has 0 aromatic heterocycles. The molecule has 0 saturated carbocycles. The summed E-state index contributed by atoms with van der Waals surface area (Å²) < 4.78 is 34.2. The number of hydrogen-bond acceptors (Lipinski definition) is 6. The third kappa shape index (κ3) is 5.48. The summed E-state index contributed by atoms with van der Waals surface area (Å²) in [6, 6.07) is 34.4. The SMILES string of the molecule is c1cc(OCCOCC2CO2)cc(C2(c3cccc(OCCOCC4CO4)c3)c3ccccc3-c3ccccc32)c1. The summed E-state index contributed by atoms with van der Waals surface area (Å²) in [7, 11) is 0. The summed E-state index contributed by atoms with van der Waals surface area (Å²) in [6.07, 6.45) is 0.510. The van der Waals surface area contributed by atoms with Crippen molar-refractivity contribution in [1.82, 2.24) is 0 Å². The van der Waals surface area contributed by atoms with E-state index in [0.29, 0.717) is 39.6 Å². The Bertz CT molecular complexity index is 1380. The zero-order chi connectivity index (χ0) is 27.5. The molecule has 3 aliphatic rings. The highest BCUT2D eigenvalue weighted by atomic mass is 16.6. The fourth-order valence-electron chi connectivity index (χ4n) is 5.86. The van der Waals surface area contributed by atoms with Crippen LogP contribution in [0.3, 0.4) is 0 Å². The monoisotopic (exact) mass is 550 g/mol. The lowest BCUT2D eigenvalue weighted by molar-refractivity contribution is 0.0878. The average molecular weight is 551 g/mol. The van der Waals surface area contributed by atoms with Gasteiger partial charge in [0, 0.05) is 0 Å². The first-order chi connectivity index (χ1) is 20.3. The van der Waals surface area contributed by atoms with Gasteiger partial charge in [0.25, 0.3) is 0 Å². The fourth-order valence-corrected chi connectivity index (χ4v) is 5.86. The van der Waals surface area contributed by atoms with Crippen LogP contribution in [-0.2, 0) is 24.4 Å². The molecular formula is C35H34O6. The lowest BCUT2D eigenvalue weighted by atomic mass is 9.67. The number of hydrogen-bond donors (Lipinski definition) is 0. The molecule has 2 aliphatic heterocycles. The van der Waals surface area contributed by atoms with Crippen molar-refractivity contribution in [3.8, 4) is 22.6 Å². The second-order valence-corrected chi connectivity index (χ2v) is 10.7. The minimum absolute atomic E-state index is 0.255. The Kier molecular flexibility index (Phi) is 7.46. The molecule has 2 unspecified atom stereocenters. The normalized spacial score (nSPS) is 19.3. The minimum Gasteiger partial charge on any atom is -0.491 e. The fraction of sp³-hybridized carbons (Fsp3) is 0.314. The van der Waals surface area contributed by atoms with E-state index in [1.54, 1.807) is 0 Å². The number of epoxide rings is 2. The van der Waals surface area contributed by atoms with Gasteiger partial charge in [0.05, 0.1) is 45.1 Å². The number of rotatable bonds is 14. The van der Waals surface area contributed by atoms with Crippen LogP contribution in [0.25, 0.3) is 11.1 Å². The van der Waals surface area contributed by atoms with E-state index in [2.05, 4.69) is 84.9 Å². The number of benzene rings is 4. The van der Waals surface area contributed by atoms with Gasteiger partial charge in [0.15, 0.2) is 0 Å². The molecule has 4 aromatic carbocycles. The van der Waals surface area contributed by atoms with Crippen molar-refractivity contribution in [3.63, 3.8) is 0 Å². The molecule has 7 rings (SSSR count). The van der Waals surface area contributed by atoms with E-state index in [1.807, 2.05) is 12.1 Å². The van der Waals surface area contributed by atoms with Crippen LogP contribution in [0, 0.1) is 0 Å². The van der Waals surface area contributed by atoms with E-state index < -0.39 is 5.41 Å². The smallest absolute Gasteiger partial charge is 0.119 e. The van der Waals surface area contributed by atoms with Gasteiger partial charge in [-0.05, 0) is 57.6 Å². The van der Waals surface area contributed by atoms with Gasteiger partial charge in [0.1, 0.15) is 36.9 Å². The highest BCUT2D eigenvalue weighted by molar-refractivity contribution is 5.86. The maximum absolute atomic E-state index is 6.17. The molecule has 0 bridgehead atoms. The van der Waals surface area contributed by atoms with Gasteiger partial charge in [-0.3, -0.25) is 0 Å². The van der Waals surface area contributed by atoms with Crippen LogP contribution in [0.5, 0.6) is 11.5 Å². The molecule has 210 valence electrons. The molecule has 2 atom stereocenters. The number of ether oxygens (including phenoxy) is 6. The molecule has 2 heterocycles. The molecule has 4 aromatic rings. The average Bonchev–Trinajstić information content (AvgIpc) is 3.96. The predicted molar refractivity (Wildman–Crippen MR) is 156 cm³/mol. The largest absolute Gasteiger partial charge is 0.491 e. The second kappa shape index (κ2) is 11.7. The maximum Gasteiger partial charge on any atom is 0.119 e. The third-order valence-electron chi connectivity index (χ3n) is 7.89. The molecule has 6 nitrogen and oxygen atoms in total. The highest BCUT2D eigenvalue weighted by Gasteiger charge is 2.46. The Labute approximate surface area is 240 Å². The topological polar surface area (TPSA) is 62.0 Å². The van der Waals surface area contributed by atoms with E-state index >= 15 is 0 Å². The van der Waals surface area contributed by atoms with Crippen molar-refractivity contribution in [2.24, 2.45) is 0 Å². The van der Waals surface area contributed by atoms with Gasteiger partial charge in [-0.2, -0.15) is 0 Å². The molecule has 2 fully saturated rings. The summed E-state index contributed by atoms with van der Waals surface area (Å²) >= 11 is 0. The van der Waals surface area contributed by atoms with E-state index in [-0.39, 0.29) is 12.2 Å². The molecule has 0 amide bonds. The van der Waals surface area contributed by atoms with Crippen LogP contribution in [0.15, 0.2) is 97.1 Å². The van der Waals surface area contributed by atoms with Crippen molar-refractivity contribution in [2.75, 3.05) is 52.9 Å². The van der Waals surface area contributed by atoms with Crippen molar-refractivity contribution in [2.45, 2.75) is 17.6 Å². The Balaban J connectivity index is 1.23. The Morgan fingerprint density at radius 3 is 1.49 bits per heavy atom. The molecule has 0 spiro atoms. The summed E-state index contributed by atoms with van der Waals surface area (Å²) in [4.78, 5) is 0. The van der Waals surface area contributed by atoms with Crippen molar-refractivity contribution in [1.29, 1.82) is 0 Å². The summed E-state index contributed by atoms with van der Waals surface area (Å²) in [5.74, 6) is 1.64. The molecule has 0 N–H and O–H groups in total. The summed E-state index contributed by atoms with van der Waals surface area (Å²) in [6.45, 7) is 4.85. The predicted octanol–water partition coefficient (Wildman–Crippen LogP) is 5.64. The van der Waals surface area contributed by atoms with Gasteiger partial charge in [0.2, 0.25) is 0 Å². The molecule has 6 heteroatoms. The van der Waals surface area contributed by atoms with Crippen LogP contribution in [-0.4, -0.2) is 65.1 Å². The van der Waals surface area contributed by atoms with Gasteiger partial charge in [-0.1, -0.05) is 72.8 Å². The molecule has 41 heavy (non-hydrogen) atoms. The van der Waals surface area contributed by atoms with Gasteiger partial charge in [-0.25, -0.2) is 0 Å². The standard InChI is InChI=1S/C35H34O6/c1-3-13-33-31(11-1)32-12-2-4-14-34(32)35(33,25-7-5-9-27(19-25)38-17-15-36-21-29-23-40-29)26-8-6-10-28(20-26)39-18-16-37-22-30-24-41-30/h1-14,19-20,29-30H,15-18,21-24H2. The molecular weight excluding hydrogens is 516 g/mol. The number of fused-ring (bicyclic) bond motifs is 3. The second-order valence-electron chi connectivity index (χ2n) is 10.7. The van der Waals surface area contributed by atoms with Gasteiger partial charge in [-0.15, -0.1) is 0 Å². The minimum atomic E-state index is -0.536. The molecule has 2 saturated heterocycles. The van der Waals surface area contributed by atoms with Crippen LogP contribution in [0.2, 0.25) is 0 Å². The van der Waals surface area contributed by atoms with Crippen LogP contribution in [0.1, 0.15) is 22.3 Å². The molecule has 0 radical (unpaired) electrons. The lowest BCUT2D eigenvalue weighted by Gasteiger charge is -2.34. The van der Waals surface area contributed by atoms with E-state index in [0.717, 1.165) is 35.8 Å². The maximum atomic E-state index is 6.17. The Morgan fingerprint density at radius 1 is 0.561 bits per heavy atom. The van der Waals surface area contributed by atoms with Crippen molar-refractivity contribution in [3.05, 3.63) is 119 Å². The van der Waals surface area contributed by atoms with E-state index in [4.69, 9.17) is 28.4 Å². The van der Waals surface area contributed by atoms with Gasteiger partial charge < -0.3 is 28.4 Å². The first-order valence-electron chi connectivity index (χ1n) is 14.4. The summed E-state index contributed by atoms with van der Waals surface area (Å²) in [5, 5.41) is 0. The van der Waals surface area contributed by atoms with Crippen LogP contribution >= 0.6 is 0 Å².